The first-order chi connectivity index (χ1) is 15.5. The summed E-state index contributed by atoms with van der Waals surface area (Å²) in [5.41, 5.74) is 0.0181. The Kier molecular flexibility index (Phi) is 6.09. The standard InChI is InChI=1S/C23H32N6O2S/c24-9-18-2-1-3-28(18)20(30)11-26-22-16-4-15-5-17(22)8-23(6-15,7-16)27-12-21(31)29-14-32-13-19(29)10-25/h15-19,22,26-27H,1-8,11-14H2/t15?,16?,17?,18-,19?,22?,23?/m0/s1. The van der Waals surface area contributed by atoms with E-state index in [9.17, 15) is 20.1 Å². The summed E-state index contributed by atoms with van der Waals surface area (Å²) in [5.74, 6) is 3.15. The number of rotatable bonds is 6. The fourth-order valence-electron chi connectivity index (χ4n) is 7.24. The summed E-state index contributed by atoms with van der Waals surface area (Å²) in [5, 5.41) is 25.8. The monoisotopic (exact) mass is 456 g/mol. The molecule has 2 saturated heterocycles. The van der Waals surface area contributed by atoms with Crippen LogP contribution in [0.3, 0.4) is 0 Å². The minimum atomic E-state index is -0.298. The maximum atomic E-state index is 12.7. The van der Waals surface area contributed by atoms with E-state index in [0.29, 0.717) is 55.1 Å². The fraction of sp³-hybridized carbons (Fsp3) is 0.826. The summed E-state index contributed by atoms with van der Waals surface area (Å²) >= 11 is 1.64. The van der Waals surface area contributed by atoms with Crippen LogP contribution in [-0.4, -0.2) is 76.5 Å². The summed E-state index contributed by atoms with van der Waals surface area (Å²) < 4.78 is 0. The van der Waals surface area contributed by atoms with Gasteiger partial charge in [0.1, 0.15) is 12.1 Å². The van der Waals surface area contributed by atoms with E-state index in [1.165, 1.54) is 12.8 Å². The molecule has 8 nitrogen and oxygen atoms in total. The van der Waals surface area contributed by atoms with E-state index >= 15 is 0 Å². The summed E-state index contributed by atoms with van der Waals surface area (Å²) in [6.07, 6.45) is 7.31. The van der Waals surface area contributed by atoms with E-state index < -0.39 is 0 Å². The first-order valence-corrected chi connectivity index (χ1v) is 13.1. The Morgan fingerprint density at radius 2 is 1.72 bits per heavy atom. The smallest absolute Gasteiger partial charge is 0.238 e. The molecular weight excluding hydrogens is 424 g/mol. The summed E-state index contributed by atoms with van der Waals surface area (Å²) in [7, 11) is 0. The first kappa shape index (κ1) is 22.0. The van der Waals surface area contributed by atoms with Crippen LogP contribution in [0.2, 0.25) is 0 Å². The number of thioether (sulfide) groups is 1. The molecule has 2 aliphatic heterocycles. The van der Waals surface area contributed by atoms with Crippen LogP contribution in [0.25, 0.3) is 0 Å². The summed E-state index contributed by atoms with van der Waals surface area (Å²) in [6, 6.07) is 4.29. The van der Waals surface area contributed by atoms with Crippen molar-refractivity contribution in [3.8, 4) is 12.1 Å². The second kappa shape index (κ2) is 8.85. The van der Waals surface area contributed by atoms with Gasteiger partial charge in [0.15, 0.2) is 0 Å². The van der Waals surface area contributed by atoms with Gasteiger partial charge in [0.2, 0.25) is 11.8 Å². The van der Waals surface area contributed by atoms with Crippen molar-refractivity contribution in [3.63, 3.8) is 0 Å². The van der Waals surface area contributed by atoms with Crippen LogP contribution in [0.15, 0.2) is 0 Å². The lowest BCUT2D eigenvalue weighted by Gasteiger charge is -2.60. The van der Waals surface area contributed by atoms with Gasteiger partial charge in [0, 0.05) is 23.9 Å². The Bertz CT molecular complexity index is 836. The lowest BCUT2D eigenvalue weighted by molar-refractivity contribution is -0.133. The molecule has 3 unspecified atom stereocenters. The van der Waals surface area contributed by atoms with Gasteiger partial charge in [0.25, 0.3) is 0 Å². The highest BCUT2D eigenvalue weighted by Gasteiger charge is 2.55. The zero-order valence-electron chi connectivity index (χ0n) is 18.5. The lowest BCUT2D eigenvalue weighted by Crippen LogP contribution is -2.66. The molecule has 9 heteroatoms. The number of likely N-dealkylation sites (tertiary alicyclic amines) is 1. The number of carbonyl (C=O) groups is 2. The molecular formula is C23H32N6O2S. The van der Waals surface area contributed by atoms with Crippen molar-refractivity contribution in [1.29, 1.82) is 10.5 Å². The van der Waals surface area contributed by atoms with Gasteiger partial charge in [-0.15, -0.1) is 11.8 Å². The highest BCUT2D eigenvalue weighted by atomic mass is 32.2. The van der Waals surface area contributed by atoms with Crippen LogP contribution < -0.4 is 10.6 Å². The van der Waals surface area contributed by atoms with Gasteiger partial charge in [-0.2, -0.15) is 10.5 Å². The maximum absolute atomic E-state index is 12.7. The molecule has 2 heterocycles. The number of amides is 2. The Hall–Kier alpha value is -1.81. The van der Waals surface area contributed by atoms with E-state index in [-0.39, 0.29) is 29.4 Å². The van der Waals surface area contributed by atoms with Crippen molar-refractivity contribution in [2.75, 3.05) is 31.3 Å². The van der Waals surface area contributed by atoms with Gasteiger partial charge in [-0.3, -0.25) is 9.59 Å². The molecule has 4 atom stereocenters. The van der Waals surface area contributed by atoms with Crippen LogP contribution in [0.1, 0.15) is 44.9 Å². The van der Waals surface area contributed by atoms with Gasteiger partial charge in [0.05, 0.1) is 31.1 Å². The van der Waals surface area contributed by atoms with Crippen molar-refractivity contribution in [2.24, 2.45) is 17.8 Å². The highest BCUT2D eigenvalue weighted by Crippen LogP contribution is 2.55. The predicted molar refractivity (Wildman–Crippen MR) is 120 cm³/mol. The van der Waals surface area contributed by atoms with Crippen LogP contribution >= 0.6 is 11.8 Å². The minimum absolute atomic E-state index is 0.0181. The zero-order chi connectivity index (χ0) is 22.3. The lowest BCUT2D eigenvalue weighted by atomic mass is 9.51. The minimum Gasteiger partial charge on any atom is -0.326 e. The zero-order valence-corrected chi connectivity index (χ0v) is 19.3. The molecule has 0 aromatic carbocycles. The summed E-state index contributed by atoms with van der Waals surface area (Å²) in [6.45, 7) is 1.33. The number of nitrogens with one attached hydrogen (secondary N) is 2. The number of nitriles is 2. The topological polar surface area (TPSA) is 112 Å². The molecule has 0 aromatic heterocycles. The van der Waals surface area contributed by atoms with Crippen LogP contribution in [0.5, 0.6) is 0 Å². The molecule has 2 amide bonds. The molecule has 0 spiro atoms. The third kappa shape index (κ3) is 4.00. The number of carbonyl (C=O) groups excluding carboxylic acids is 2. The van der Waals surface area contributed by atoms with Crippen LogP contribution in [0, 0.1) is 40.4 Å². The molecule has 6 fully saturated rings. The molecule has 32 heavy (non-hydrogen) atoms. The average Bonchev–Trinajstić information content (AvgIpc) is 3.45. The van der Waals surface area contributed by atoms with Gasteiger partial charge < -0.3 is 20.4 Å². The highest BCUT2D eigenvalue weighted by molar-refractivity contribution is 7.99. The summed E-state index contributed by atoms with van der Waals surface area (Å²) in [4.78, 5) is 28.9. The molecule has 4 bridgehead atoms. The Balaban J connectivity index is 1.17. The van der Waals surface area contributed by atoms with Crippen molar-refractivity contribution in [3.05, 3.63) is 0 Å². The molecule has 4 saturated carbocycles. The average molecular weight is 457 g/mol. The normalized spacial score (nSPS) is 39.8. The maximum Gasteiger partial charge on any atom is 0.238 e. The van der Waals surface area contributed by atoms with E-state index in [1.54, 1.807) is 21.6 Å². The first-order valence-electron chi connectivity index (χ1n) is 12.0. The van der Waals surface area contributed by atoms with Gasteiger partial charge in [-0.1, -0.05) is 0 Å². The third-order valence-corrected chi connectivity index (χ3v) is 9.46. The SMILES string of the molecule is N#CC1CSCN1C(=O)CNC12CC3CC(C1)C(NCC(=O)N1CCC[C@H]1C#N)C(C3)C2. The molecule has 6 aliphatic rings. The molecule has 6 rings (SSSR count). The van der Waals surface area contributed by atoms with Crippen molar-refractivity contribution >= 4 is 23.6 Å². The second-order valence-corrected chi connectivity index (χ2v) is 11.4. The molecule has 0 radical (unpaired) electrons. The van der Waals surface area contributed by atoms with Crippen molar-refractivity contribution in [2.45, 2.75) is 68.6 Å². The van der Waals surface area contributed by atoms with E-state index in [0.717, 1.165) is 32.1 Å². The van der Waals surface area contributed by atoms with E-state index in [2.05, 4.69) is 22.8 Å². The number of hydrogen-bond donors (Lipinski definition) is 2. The predicted octanol–water partition coefficient (Wildman–Crippen LogP) is 1.05. The van der Waals surface area contributed by atoms with Crippen LogP contribution in [0.4, 0.5) is 0 Å². The Labute approximate surface area is 194 Å². The van der Waals surface area contributed by atoms with Crippen molar-refractivity contribution in [1.82, 2.24) is 20.4 Å². The van der Waals surface area contributed by atoms with E-state index in [1.807, 2.05) is 0 Å². The molecule has 172 valence electrons. The number of nitrogens with zero attached hydrogens (tertiary/aromatic N) is 4. The second-order valence-electron chi connectivity index (χ2n) is 10.4. The van der Waals surface area contributed by atoms with Gasteiger partial charge in [-0.25, -0.2) is 0 Å². The quantitative estimate of drug-likeness (QED) is 0.614. The largest absolute Gasteiger partial charge is 0.326 e. The third-order valence-electron chi connectivity index (χ3n) is 8.45. The Morgan fingerprint density at radius 3 is 2.44 bits per heavy atom. The van der Waals surface area contributed by atoms with Gasteiger partial charge in [-0.05, 0) is 62.7 Å². The fourth-order valence-corrected chi connectivity index (χ4v) is 8.34. The van der Waals surface area contributed by atoms with E-state index in [4.69, 9.17) is 0 Å². The molecule has 4 aliphatic carbocycles. The molecule has 2 N–H and O–H groups in total. The van der Waals surface area contributed by atoms with Crippen LogP contribution in [-0.2, 0) is 9.59 Å². The van der Waals surface area contributed by atoms with Gasteiger partial charge >= 0.3 is 0 Å². The number of hydrogen-bond acceptors (Lipinski definition) is 7. The Morgan fingerprint density at radius 1 is 1.00 bits per heavy atom. The van der Waals surface area contributed by atoms with Crippen molar-refractivity contribution < 1.29 is 9.59 Å². The molecule has 0 aromatic rings.